The van der Waals surface area contributed by atoms with Gasteiger partial charge in [0.05, 0.1) is 5.52 Å². The summed E-state index contributed by atoms with van der Waals surface area (Å²) in [5.74, 6) is 0. The van der Waals surface area contributed by atoms with Crippen molar-refractivity contribution in [3.63, 3.8) is 0 Å². The first kappa shape index (κ1) is 15.2. The first-order valence-electron chi connectivity index (χ1n) is 6.93. The standard InChI is InChI=1S/C16H22ClN3/c1-19(2)9-6-10-20(3)12-14-11-13-7-4-5-8-15(13)18-16(14)17/h4-5,7-8,11H,6,9-10,12H2,1-3H3. The topological polar surface area (TPSA) is 19.4 Å². The fraction of sp³-hybridized carbons (Fsp3) is 0.438. The molecular weight excluding hydrogens is 270 g/mol. The number of pyridine rings is 1. The van der Waals surface area contributed by atoms with Crippen molar-refractivity contribution in [1.29, 1.82) is 0 Å². The summed E-state index contributed by atoms with van der Waals surface area (Å²) in [6.45, 7) is 3.00. The second kappa shape index (κ2) is 7.02. The van der Waals surface area contributed by atoms with Crippen LogP contribution in [0.2, 0.25) is 5.15 Å². The van der Waals surface area contributed by atoms with Gasteiger partial charge in [-0.1, -0.05) is 29.8 Å². The minimum absolute atomic E-state index is 0.614. The lowest BCUT2D eigenvalue weighted by molar-refractivity contribution is 0.294. The van der Waals surface area contributed by atoms with Crippen molar-refractivity contribution < 1.29 is 0 Å². The van der Waals surface area contributed by atoms with E-state index in [4.69, 9.17) is 11.6 Å². The molecule has 0 fully saturated rings. The van der Waals surface area contributed by atoms with E-state index in [-0.39, 0.29) is 0 Å². The van der Waals surface area contributed by atoms with Crippen LogP contribution < -0.4 is 0 Å². The molecule has 1 heterocycles. The molecule has 0 saturated heterocycles. The molecule has 0 aliphatic carbocycles. The zero-order valence-electron chi connectivity index (χ0n) is 12.4. The van der Waals surface area contributed by atoms with Crippen molar-refractivity contribution in [2.75, 3.05) is 34.2 Å². The van der Waals surface area contributed by atoms with E-state index in [0.29, 0.717) is 5.15 Å². The Morgan fingerprint density at radius 2 is 1.85 bits per heavy atom. The lowest BCUT2D eigenvalue weighted by atomic mass is 10.1. The van der Waals surface area contributed by atoms with Gasteiger partial charge < -0.3 is 9.80 Å². The van der Waals surface area contributed by atoms with Crippen molar-refractivity contribution in [2.45, 2.75) is 13.0 Å². The average molecular weight is 292 g/mol. The first-order chi connectivity index (χ1) is 9.56. The Morgan fingerprint density at radius 1 is 1.10 bits per heavy atom. The zero-order valence-corrected chi connectivity index (χ0v) is 13.2. The van der Waals surface area contributed by atoms with Gasteiger partial charge in [0.1, 0.15) is 5.15 Å². The highest BCUT2D eigenvalue weighted by Crippen LogP contribution is 2.21. The zero-order chi connectivity index (χ0) is 14.5. The summed E-state index contributed by atoms with van der Waals surface area (Å²) < 4.78 is 0. The van der Waals surface area contributed by atoms with Crippen molar-refractivity contribution >= 4 is 22.5 Å². The summed E-state index contributed by atoms with van der Waals surface area (Å²) in [7, 11) is 6.33. The van der Waals surface area contributed by atoms with Crippen LogP contribution >= 0.6 is 11.6 Å². The molecular formula is C16H22ClN3. The van der Waals surface area contributed by atoms with Gasteiger partial charge in [0.25, 0.3) is 0 Å². The maximum absolute atomic E-state index is 6.29. The van der Waals surface area contributed by atoms with Crippen molar-refractivity contribution in [3.05, 3.63) is 41.0 Å². The lowest BCUT2D eigenvalue weighted by Gasteiger charge is -2.18. The molecule has 3 nitrogen and oxygen atoms in total. The van der Waals surface area contributed by atoms with Gasteiger partial charge in [-0.25, -0.2) is 4.98 Å². The molecule has 1 aromatic heterocycles. The predicted octanol–water partition coefficient (Wildman–Crippen LogP) is 3.27. The summed E-state index contributed by atoms with van der Waals surface area (Å²) in [6.07, 6.45) is 1.15. The summed E-state index contributed by atoms with van der Waals surface area (Å²) in [5, 5.41) is 1.76. The van der Waals surface area contributed by atoms with Crippen LogP contribution in [0, 0.1) is 0 Å². The maximum atomic E-state index is 6.29. The third-order valence-corrected chi connectivity index (χ3v) is 3.66. The number of nitrogens with zero attached hydrogens (tertiary/aromatic N) is 3. The average Bonchev–Trinajstić information content (AvgIpc) is 2.39. The van der Waals surface area contributed by atoms with Gasteiger partial charge in [-0.2, -0.15) is 0 Å². The molecule has 2 rings (SSSR count). The van der Waals surface area contributed by atoms with Gasteiger partial charge in [-0.3, -0.25) is 0 Å². The van der Waals surface area contributed by atoms with E-state index in [2.05, 4.69) is 48.1 Å². The fourth-order valence-corrected chi connectivity index (χ4v) is 2.48. The second-order valence-corrected chi connectivity index (χ2v) is 5.88. The largest absolute Gasteiger partial charge is 0.309 e. The van der Waals surface area contributed by atoms with Crippen LogP contribution in [0.1, 0.15) is 12.0 Å². The summed E-state index contributed by atoms with van der Waals surface area (Å²) >= 11 is 6.29. The van der Waals surface area contributed by atoms with E-state index in [1.54, 1.807) is 0 Å². The van der Waals surface area contributed by atoms with Crippen LogP contribution in [0.4, 0.5) is 0 Å². The fourth-order valence-electron chi connectivity index (χ4n) is 2.27. The predicted molar refractivity (Wildman–Crippen MR) is 86.3 cm³/mol. The molecule has 4 heteroatoms. The van der Waals surface area contributed by atoms with Crippen LogP contribution in [-0.2, 0) is 6.54 Å². The summed E-state index contributed by atoms with van der Waals surface area (Å²) in [6, 6.07) is 10.2. The van der Waals surface area contributed by atoms with Gasteiger partial charge >= 0.3 is 0 Å². The Hall–Kier alpha value is -1.16. The first-order valence-corrected chi connectivity index (χ1v) is 7.31. The van der Waals surface area contributed by atoms with Crippen molar-refractivity contribution in [3.8, 4) is 0 Å². The van der Waals surface area contributed by atoms with E-state index >= 15 is 0 Å². The maximum Gasteiger partial charge on any atom is 0.134 e. The number of halogens is 1. The van der Waals surface area contributed by atoms with E-state index in [1.807, 2.05) is 18.2 Å². The lowest BCUT2D eigenvalue weighted by Crippen LogP contribution is -2.23. The molecule has 0 spiro atoms. The number of aromatic nitrogens is 1. The molecule has 108 valence electrons. The number of fused-ring (bicyclic) bond motifs is 1. The quantitative estimate of drug-likeness (QED) is 0.762. The van der Waals surface area contributed by atoms with Crippen LogP contribution in [0.3, 0.4) is 0 Å². The highest BCUT2D eigenvalue weighted by molar-refractivity contribution is 6.30. The Bertz CT molecular complexity index is 569. The molecule has 0 atom stereocenters. The van der Waals surface area contributed by atoms with Crippen LogP contribution in [0.25, 0.3) is 10.9 Å². The van der Waals surface area contributed by atoms with E-state index in [0.717, 1.165) is 42.5 Å². The summed E-state index contributed by atoms with van der Waals surface area (Å²) in [5.41, 5.74) is 2.05. The normalized spacial score (nSPS) is 11.7. The molecule has 0 N–H and O–H groups in total. The highest BCUT2D eigenvalue weighted by Gasteiger charge is 2.07. The molecule has 0 aliphatic rings. The number of rotatable bonds is 6. The minimum atomic E-state index is 0.614. The van der Waals surface area contributed by atoms with E-state index in [9.17, 15) is 0 Å². The number of hydrogen-bond acceptors (Lipinski definition) is 3. The molecule has 0 unspecified atom stereocenters. The van der Waals surface area contributed by atoms with Gasteiger partial charge in [0.2, 0.25) is 0 Å². The molecule has 20 heavy (non-hydrogen) atoms. The van der Waals surface area contributed by atoms with E-state index < -0.39 is 0 Å². The minimum Gasteiger partial charge on any atom is -0.309 e. The van der Waals surface area contributed by atoms with Crippen LogP contribution in [-0.4, -0.2) is 49.0 Å². The second-order valence-electron chi connectivity index (χ2n) is 5.53. The Balaban J connectivity index is 2.03. The van der Waals surface area contributed by atoms with Crippen LogP contribution in [0.5, 0.6) is 0 Å². The number of hydrogen-bond donors (Lipinski definition) is 0. The third kappa shape index (κ3) is 4.17. The Labute approximate surface area is 126 Å². The third-order valence-electron chi connectivity index (χ3n) is 3.34. The Morgan fingerprint density at radius 3 is 2.60 bits per heavy atom. The molecule has 1 aromatic carbocycles. The molecule has 0 aliphatic heterocycles. The Kier molecular flexibility index (Phi) is 5.35. The molecule has 2 aromatic rings. The number of para-hydroxylation sites is 1. The summed E-state index contributed by atoms with van der Waals surface area (Å²) in [4.78, 5) is 8.97. The molecule has 0 amide bonds. The highest BCUT2D eigenvalue weighted by atomic mass is 35.5. The van der Waals surface area contributed by atoms with Crippen molar-refractivity contribution in [1.82, 2.24) is 14.8 Å². The van der Waals surface area contributed by atoms with Gasteiger partial charge in [-0.15, -0.1) is 0 Å². The molecule has 0 bridgehead atoms. The van der Waals surface area contributed by atoms with Crippen LogP contribution in [0.15, 0.2) is 30.3 Å². The van der Waals surface area contributed by atoms with Gasteiger partial charge in [0, 0.05) is 17.5 Å². The molecule has 0 radical (unpaired) electrons. The number of benzene rings is 1. The SMILES string of the molecule is CN(C)CCCN(C)Cc1cc2ccccc2nc1Cl. The van der Waals surface area contributed by atoms with Crippen molar-refractivity contribution in [2.24, 2.45) is 0 Å². The van der Waals surface area contributed by atoms with Gasteiger partial charge in [0.15, 0.2) is 0 Å². The van der Waals surface area contributed by atoms with Gasteiger partial charge in [-0.05, 0) is 52.8 Å². The molecule has 0 saturated carbocycles. The smallest absolute Gasteiger partial charge is 0.134 e. The van der Waals surface area contributed by atoms with E-state index in [1.165, 1.54) is 0 Å². The monoisotopic (exact) mass is 291 g/mol.